The minimum absolute atomic E-state index is 0.290. The van der Waals surface area contributed by atoms with E-state index in [0.29, 0.717) is 5.75 Å². The maximum Gasteiger partial charge on any atom is 0.175 e. The molecule has 0 radical (unpaired) electrons. The van der Waals surface area contributed by atoms with Gasteiger partial charge in [-0.05, 0) is 23.8 Å². The summed E-state index contributed by atoms with van der Waals surface area (Å²) in [5.41, 5.74) is 0.834. The summed E-state index contributed by atoms with van der Waals surface area (Å²) in [5.74, 6) is 0.290. The fraction of sp³-hybridized carbons (Fsp3) is 0.0909. The molecule has 0 fully saturated rings. The number of hydrogen-bond donors (Lipinski definition) is 0. The highest BCUT2D eigenvalue weighted by Crippen LogP contribution is 2.26. The monoisotopic (exact) mass is 176 g/mol. The van der Waals surface area contributed by atoms with Crippen LogP contribution in [0.3, 0.4) is 0 Å². The second kappa shape index (κ2) is 3.05. The van der Waals surface area contributed by atoms with E-state index in [1.165, 1.54) is 0 Å². The van der Waals surface area contributed by atoms with Crippen molar-refractivity contribution in [3.63, 3.8) is 0 Å². The van der Waals surface area contributed by atoms with E-state index in [0.717, 1.165) is 16.3 Å². The molecule has 0 unspecified atom stereocenters. The Kier molecular flexibility index (Phi) is 1.89. The van der Waals surface area contributed by atoms with Crippen LogP contribution >= 0.6 is 0 Å². The van der Waals surface area contributed by atoms with Gasteiger partial charge >= 0.3 is 0 Å². The molecule has 66 valence electrons. The van der Waals surface area contributed by atoms with E-state index in [9.17, 15) is 4.53 Å². The molecule has 0 aliphatic carbocycles. The molecule has 1 nitrogen and oxygen atoms in total. The molecule has 0 N–H and O–H groups in total. The molecule has 0 spiro atoms. The van der Waals surface area contributed by atoms with Crippen molar-refractivity contribution in [2.45, 2.75) is 6.92 Å². The molecule has 13 heavy (non-hydrogen) atoms. The first-order valence-electron chi connectivity index (χ1n) is 4.10. The number of aryl methyl sites for hydroxylation is 1. The van der Waals surface area contributed by atoms with Crippen LogP contribution in [0, 0.1) is 6.92 Å². The number of hydrogen-bond acceptors (Lipinski definition) is 1. The van der Waals surface area contributed by atoms with Crippen LogP contribution in [0.5, 0.6) is 5.75 Å². The Morgan fingerprint density at radius 3 is 2.62 bits per heavy atom. The molecule has 0 aliphatic heterocycles. The largest absolute Gasteiger partial charge is 0.294 e. The minimum atomic E-state index is 0.290. The second-order valence-electron chi connectivity index (χ2n) is 2.99. The third-order valence-corrected chi connectivity index (χ3v) is 2.23. The van der Waals surface area contributed by atoms with Crippen LogP contribution in [0.25, 0.3) is 10.8 Å². The van der Waals surface area contributed by atoms with Gasteiger partial charge in [-0.15, -0.1) is 0 Å². The van der Waals surface area contributed by atoms with E-state index in [4.69, 9.17) is 0 Å². The molecule has 0 atom stereocenters. The van der Waals surface area contributed by atoms with Crippen LogP contribution in [0.1, 0.15) is 5.56 Å². The van der Waals surface area contributed by atoms with E-state index in [1.807, 2.05) is 37.3 Å². The van der Waals surface area contributed by atoms with Crippen molar-refractivity contribution in [1.29, 1.82) is 0 Å². The standard InChI is InChI=1S/C11H9FO/c1-8-10-5-3-2-4-9(10)6-7-11(8)13-12/h2-7H,1H3. The Morgan fingerprint density at radius 1 is 1.08 bits per heavy atom. The molecule has 0 amide bonds. The highest BCUT2D eigenvalue weighted by Gasteiger charge is 2.03. The zero-order valence-corrected chi connectivity index (χ0v) is 7.25. The Labute approximate surface area is 75.7 Å². The molecule has 0 aromatic heterocycles. The smallest absolute Gasteiger partial charge is 0.175 e. The highest BCUT2D eigenvalue weighted by molar-refractivity contribution is 5.87. The number of rotatable bonds is 1. The van der Waals surface area contributed by atoms with Crippen molar-refractivity contribution < 1.29 is 9.47 Å². The van der Waals surface area contributed by atoms with E-state index in [1.54, 1.807) is 6.07 Å². The predicted octanol–water partition coefficient (Wildman–Crippen LogP) is 3.41. The lowest BCUT2D eigenvalue weighted by atomic mass is 10.1. The van der Waals surface area contributed by atoms with Crippen LogP contribution in [0.2, 0.25) is 0 Å². The van der Waals surface area contributed by atoms with Crippen LogP contribution in [-0.2, 0) is 0 Å². The Bertz CT molecular complexity index is 437. The molecule has 0 saturated carbocycles. The molecular formula is C11H9FO. The minimum Gasteiger partial charge on any atom is -0.294 e. The van der Waals surface area contributed by atoms with Gasteiger partial charge in [0.25, 0.3) is 0 Å². The zero-order chi connectivity index (χ0) is 9.26. The first kappa shape index (κ1) is 8.05. The quantitative estimate of drug-likeness (QED) is 0.647. The molecule has 2 aromatic rings. The fourth-order valence-corrected chi connectivity index (χ4v) is 1.49. The maximum atomic E-state index is 12.0. The van der Waals surface area contributed by atoms with Crippen LogP contribution in [-0.4, -0.2) is 0 Å². The van der Waals surface area contributed by atoms with Gasteiger partial charge in [-0.3, -0.25) is 4.94 Å². The average Bonchev–Trinajstić information content (AvgIpc) is 2.19. The Balaban J connectivity index is 2.79. The van der Waals surface area contributed by atoms with Gasteiger partial charge in [0, 0.05) is 10.1 Å². The first-order valence-corrected chi connectivity index (χ1v) is 4.10. The lowest BCUT2D eigenvalue weighted by molar-refractivity contribution is -0.00681. The summed E-state index contributed by atoms with van der Waals surface area (Å²) in [4.78, 5) is 3.75. The number of halogens is 1. The van der Waals surface area contributed by atoms with Crippen molar-refractivity contribution in [2.24, 2.45) is 0 Å². The zero-order valence-electron chi connectivity index (χ0n) is 7.25. The SMILES string of the molecule is Cc1c(OF)ccc2ccccc12. The Morgan fingerprint density at radius 2 is 1.85 bits per heavy atom. The fourth-order valence-electron chi connectivity index (χ4n) is 1.49. The lowest BCUT2D eigenvalue weighted by Crippen LogP contribution is -1.83. The summed E-state index contributed by atoms with van der Waals surface area (Å²) in [6.45, 7) is 1.84. The van der Waals surface area contributed by atoms with E-state index >= 15 is 0 Å². The summed E-state index contributed by atoms with van der Waals surface area (Å²) in [6, 6.07) is 11.3. The summed E-state index contributed by atoms with van der Waals surface area (Å²) in [5, 5.41) is 2.12. The molecule has 0 saturated heterocycles. The molecule has 2 aromatic carbocycles. The third kappa shape index (κ3) is 1.24. The summed E-state index contributed by atoms with van der Waals surface area (Å²) >= 11 is 0. The van der Waals surface area contributed by atoms with Crippen molar-refractivity contribution in [3.05, 3.63) is 42.0 Å². The molecule has 2 heteroatoms. The van der Waals surface area contributed by atoms with Crippen molar-refractivity contribution >= 4 is 10.8 Å². The van der Waals surface area contributed by atoms with Crippen LogP contribution in [0.4, 0.5) is 4.53 Å². The van der Waals surface area contributed by atoms with Gasteiger partial charge in [-0.1, -0.05) is 30.3 Å². The van der Waals surface area contributed by atoms with Crippen LogP contribution in [0.15, 0.2) is 36.4 Å². The predicted molar refractivity (Wildman–Crippen MR) is 50.4 cm³/mol. The van der Waals surface area contributed by atoms with Gasteiger partial charge in [-0.2, -0.15) is 0 Å². The second-order valence-corrected chi connectivity index (χ2v) is 2.99. The maximum absolute atomic E-state index is 12.0. The first-order chi connectivity index (χ1) is 6.33. The average molecular weight is 176 g/mol. The summed E-state index contributed by atoms with van der Waals surface area (Å²) in [7, 11) is 0. The molecule has 2 rings (SSSR count). The van der Waals surface area contributed by atoms with Gasteiger partial charge in [0.1, 0.15) is 0 Å². The van der Waals surface area contributed by atoms with Gasteiger partial charge in [-0.25, -0.2) is 0 Å². The number of benzene rings is 2. The van der Waals surface area contributed by atoms with E-state index in [2.05, 4.69) is 4.94 Å². The topological polar surface area (TPSA) is 9.23 Å². The normalized spacial score (nSPS) is 10.3. The molecule has 0 heterocycles. The molecule has 0 bridgehead atoms. The molecular weight excluding hydrogens is 167 g/mol. The third-order valence-electron chi connectivity index (χ3n) is 2.23. The van der Waals surface area contributed by atoms with Gasteiger partial charge < -0.3 is 0 Å². The van der Waals surface area contributed by atoms with Crippen molar-refractivity contribution in [3.8, 4) is 5.75 Å². The van der Waals surface area contributed by atoms with Gasteiger partial charge in [0.05, 0.1) is 0 Å². The van der Waals surface area contributed by atoms with Crippen molar-refractivity contribution in [2.75, 3.05) is 0 Å². The summed E-state index contributed by atoms with van der Waals surface area (Å²) < 4.78 is 12.0. The van der Waals surface area contributed by atoms with Gasteiger partial charge in [0.2, 0.25) is 0 Å². The van der Waals surface area contributed by atoms with E-state index in [-0.39, 0.29) is 0 Å². The summed E-state index contributed by atoms with van der Waals surface area (Å²) in [6.07, 6.45) is 0. The lowest BCUT2D eigenvalue weighted by Gasteiger charge is -2.04. The van der Waals surface area contributed by atoms with E-state index < -0.39 is 0 Å². The number of fused-ring (bicyclic) bond motifs is 1. The van der Waals surface area contributed by atoms with Gasteiger partial charge in [0.15, 0.2) is 5.75 Å². The highest BCUT2D eigenvalue weighted by atomic mass is 19.3. The molecule has 0 aliphatic rings. The van der Waals surface area contributed by atoms with Crippen LogP contribution < -0.4 is 4.94 Å². The van der Waals surface area contributed by atoms with Crippen molar-refractivity contribution in [1.82, 2.24) is 0 Å². The Hall–Kier alpha value is -1.57.